The van der Waals surface area contributed by atoms with E-state index in [2.05, 4.69) is 9.97 Å². The first-order valence-corrected chi connectivity index (χ1v) is 11.3. The molecule has 1 aliphatic rings. The fourth-order valence-corrected chi connectivity index (χ4v) is 4.79. The molecule has 3 heterocycles. The highest BCUT2D eigenvalue weighted by Crippen LogP contribution is 2.37. The molecule has 0 amide bonds. The third-order valence-electron chi connectivity index (χ3n) is 5.58. The van der Waals surface area contributed by atoms with E-state index in [9.17, 15) is 0 Å². The van der Waals surface area contributed by atoms with Crippen LogP contribution in [-0.4, -0.2) is 39.9 Å². The predicted octanol–water partition coefficient (Wildman–Crippen LogP) is 5.25. The van der Waals surface area contributed by atoms with Crippen LogP contribution in [0, 0.1) is 0 Å². The lowest BCUT2D eigenvalue weighted by Crippen LogP contribution is -2.19. The fourth-order valence-electron chi connectivity index (χ4n) is 3.92. The molecule has 1 aliphatic carbocycles. The average Bonchev–Trinajstić information content (AvgIpc) is 3.41. The standard InChI is InChI=1S/C23H24N4O3S/c1-28-20-12-15(8-10-19(20)30-17-6-4-3-5-7-17)22-26-27-18(14-25-23(27)31-22)16-9-11-21(29-2)24-13-16/h8-14,17H,3-7H2,1-2H3. The zero-order valence-electron chi connectivity index (χ0n) is 17.6. The molecule has 1 saturated carbocycles. The Labute approximate surface area is 184 Å². The number of imidazole rings is 1. The number of ether oxygens (including phenoxy) is 3. The van der Waals surface area contributed by atoms with E-state index < -0.39 is 0 Å². The summed E-state index contributed by atoms with van der Waals surface area (Å²) in [4.78, 5) is 9.63. The van der Waals surface area contributed by atoms with Crippen molar-refractivity contribution in [3.05, 3.63) is 42.7 Å². The van der Waals surface area contributed by atoms with Gasteiger partial charge in [-0.25, -0.2) is 14.5 Å². The van der Waals surface area contributed by atoms with Gasteiger partial charge in [-0.2, -0.15) is 5.10 Å². The van der Waals surface area contributed by atoms with Crippen molar-refractivity contribution < 1.29 is 14.2 Å². The van der Waals surface area contributed by atoms with Crippen molar-refractivity contribution in [2.24, 2.45) is 0 Å². The van der Waals surface area contributed by atoms with E-state index in [1.807, 2.05) is 41.0 Å². The molecule has 3 aromatic heterocycles. The van der Waals surface area contributed by atoms with Crippen LogP contribution in [0.25, 0.3) is 26.8 Å². The molecule has 5 rings (SSSR count). The van der Waals surface area contributed by atoms with Gasteiger partial charge in [-0.1, -0.05) is 17.8 Å². The minimum absolute atomic E-state index is 0.275. The summed E-state index contributed by atoms with van der Waals surface area (Å²) < 4.78 is 18.9. The molecule has 31 heavy (non-hydrogen) atoms. The molecule has 0 N–H and O–H groups in total. The Morgan fingerprint density at radius 3 is 2.48 bits per heavy atom. The smallest absolute Gasteiger partial charge is 0.213 e. The van der Waals surface area contributed by atoms with E-state index in [0.717, 1.165) is 51.1 Å². The monoisotopic (exact) mass is 436 g/mol. The maximum Gasteiger partial charge on any atom is 0.213 e. The van der Waals surface area contributed by atoms with Crippen LogP contribution in [0.3, 0.4) is 0 Å². The van der Waals surface area contributed by atoms with E-state index in [1.165, 1.54) is 30.6 Å². The van der Waals surface area contributed by atoms with Crippen LogP contribution in [0.5, 0.6) is 17.4 Å². The summed E-state index contributed by atoms with van der Waals surface area (Å²) in [6, 6.07) is 9.80. The number of benzene rings is 1. The number of aromatic nitrogens is 4. The van der Waals surface area contributed by atoms with Gasteiger partial charge in [-0.3, -0.25) is 0 Å². The Hall–Kier alpha value is -3.13. The second kappa shape index (κ2) is 8.55. The third kappa shape index (κ3) is 3.95. The summed E-state index contributed by atoms with van der Waals surface area (Å²) in [5, 5.41) is 5.67. The van der Waals surface area contributed by atoms with Crippen LogP contribution in [0.15, 0.2) is 42.7 Å². The topological polar surface area (TPSA) is 70.8 Å². The molecule has 0 atom stereocenters. The number of hydrogen-bond donors (Lipinski definition) is 0. The van der Waals surface area contributed by atoms with E-state index in [-0.39, 0.29) is 6.10 Å². The van der Waals surface area contributed by atoms with Gasteiger partial charge in [0.15, 0.2) is 11.5 Å². The van der Waals surface area contributed by atoms with Crippen molar-refractivity contribution in [1.29, 1.82) is 0 Å². The minimum Gasteiger partial charge on any atom is -0.493 e. The van der Waals surface area contributed by atoms with Crippen LogP contribution in [-0.2, 0) is 0 Å². The number of nitrogens with zero attached hydrogens (tertiary/aromatic N) is 4. The maximum absolute atomic E-state index is 6.23. The fraction of sp³-hybridized carbons (Fsp3) is 0.348. The van der Waals surface area contributed by atoms with Gasteiger partial charge in [0.2, 0.25) is 10.8 Å². The first kappa shape index (κ1) is 19.8. The van der Waals surface area contributed by atoms with Crippen LogP contribution in [0.4, 0.5) is 0 Å². The molecule has 0 spiro atoms. The average molecular weight is 437 g/mol. The molecule has 160 valence electrons. The predicted molar refractivity (Wildman–Crippen MR) is 120 cm³/mol. The number of hydrogen-bond acceptors (Lipinski definition) is 7. The Morgan fingerprint density at radius 1 is 0.903 bits per heavy atom. The van der Waals surface area contributed by atoms with Gasteiger partial charge >= 0.3 is 0 Å². The molecular weight excluding hydrogens is 412 g/mol. The molecule has 7 nitrogen and oxygen atoms in total. The molecule has 0 saturated heterocycles. The molecular formula is C23H24N4O3S. The number of methoxy groups -OCH3 is 2. The van der Waals surface area contributed by atoms with Crippen molar-refractivity contribution in [1.82, 2.24) is 19.6 Å². The summed E-state index contributed by atoms with van der Waals surface area (Å²) in [6.07, 6.45) is 9.84. The Kier molecular flexibility index (Phi) is 5.46. The number of fused-ring (bicyclic) bond motifs is 1. The molecule has 0 bridgehead atoms. The lowest BCUT2D eigenvalue weighted by atomic mass is 9.98. The first-order valence-electron chi connectivity index (χ1n) is 10.4. The molecule has 0 unspecified atom stereocenters. The number of pyridine rings is 1. The van der Waals surface area contributed by atoms with Crippen molar-refractivity contribution in [2.75, 3.05) is 14.2 Å². The van der Waals surface area contributed by atoms with Gasteiger partial charge in [-0.05, 0) is 49.9 Å². The van der Waals surface area contributed by atoms with Crippen LogP contribution >= 0.6 is 11.3 Å². The zero-order valence-corrected chi connectivity index (χ0v) is 18.4. The molecule has 8 heteroatoms. The highest BCUT2D eigenvalue weighted by molar-refractivity contribution is 7.19. The first-order chi connectivity index (χ1) is 15.2. The maximum atomic E-state index is 6.23. The summed E-state index contributed by atoms with van der Waals surface area (Å²) in [6.45, 7) is 0. The molecule has 1 aromatic carbocycles. The largest absolute Gasteiger partial charge is 0.493 e. The van der Waals surface area contributed by atoms with Crippen molar-refractivity contribution in [3.8, 4) is 39.2 Å². The van der Waals surface area contributed by atoms with Gasteiger partial charge in [0.1, 0.15) is 5.01 Å². The van der Waals surface area contributed by atoms with Gasteiger partial charge in [0.25, 0.3) is 0 Å². The molecule has 0 radical (unpaired) electrons. The zero-order chi connectivity index (χ0) is 21.2. The summed E-state index contributed by atoms with van der Waals surface area (Å²) >= 11 is 1.53. The van der Waals surface area contributed by atoms with Crippen molar-refractivity contribution >= 4 is 16.3 Å². The minimum atomic E-state index is 0.275. The van der Waals surface area contributed by atoms with Crippen molar-refractivity contribution in [2.45, 2.75) is 38.2 Å². The second-order valence-electron chi connectivity index (χ2n) is 7.58. The lowest BCUT2D eigenvalue weighted by Gasteiger charge is -2.24. The van der Waals surface area contributed by atoms with E-state index >= 15 is 0 Å². The van der Waals surface area contributed by atoms with Gasteiger partial charge in [0, 0.05) is 23.4 Å². The third-order valence-corrected chi connectivity index (χ3v) is 6.55. The van der Waals surface area contributed by atoms with Crippen LogP contribution in [0.2, 0.25) is 0 Å². The van der Waals surface area contributed by atoms with Gasteiger partial charge in [-0.15, -0.1) is 0 Å². The molecule has 4 aromatic rings. The summed E-state index contributed by atoms with van der Waals surface area (Å²) in [5.41, 5.74) is 2.79. The lowest BCUT2D eigenvalue weighted by molar-refractivity contribution is 0.149. The van der Waals surface area contributed by atoms with E-state index in [0.29, 0.717) is 5.88 Å². The van der Waals surface area contributed by atoms with E-state index in [1.54, 1.807) is 20.4 Å². The van der Waals surface area contributed by atoms with Gasteiger partial charge < -0.3 is 14.2 Å². The SMILES string of the molecule is COc1ccc(-c2cnc3sc(-c4ccc(OC5CCCCC5)c(OC)c4)nn23)cn1. The summed E-state index contributed by atoms with van der Waals surface area (Å²) in [7, 11) is 3.28. The molecule has 0 aliphatic heterocycles. The normalized spacial score (nSPS) is 14.6. The quantitative estimate of drug-likeness (QED) is 0.411. The van der Waals surface area contributed by atoms with E-state index in [4.69, 9.17) is 19.3 Å². The van der Waals surface area contributed by atoms with Gasteiger partial charge in [0.05, 0.1) is 32.2 Å². The Balaban J connectivity index is 1.44. The Morgan fingerprint density at radius 2 is 1.74 bits per heavy atom. The second-order valence-corrected chi connectivity index (χ2v) is 8.53. The number of rotatable bonds is 6. The summed E-state index contributed by atoms with van der Waals surface area (Å²) in [5.74, 6) is 2.10. The Bertz CT molecular complexity index is 1180. The highest BCUT2D eigenvalue weighted by atomic mass is 32.1. The van der Waals surface area contributed by atoms with Crippen LogP contribution in [0.1, 0.15) is 32.1 Å². The highest BCUT2D eigenvalue weighted by Gasteiger charge is 2.19. The van der Waals surface area contributed by atoms with Crippen LogP contribution < -0.4 is 14.2 Å². The van der Waals surface area contributed by atoms with Crippen molar-refractivity contribution in [3.63, 3.8) is 0 Å². The molecule has 1 fully saturated rings.